The lowest BCUT2D eigenvalue weighted by molar-refractivity contribution is 0.131. The van der Waals surface area contributed by atoms with Crippen LogP contribution in [-0.4, -0.2) is 16.7 Å². The van der Waals surface area contributed by atoms with Crippen molar-refractivity contribution in [1.82, 2.24) is 5.32 Å². The minimum atomic E-state index is -0.627. The maximum atomic E-state index is 13.0. The molecule has 2 nitrogen and oxygen atoms in total. The molecule has 0 spiro atoms. The quantitative estimate of drug-likeness (QED) is 0.807. The Morgan fingerprint density at radius 1 is 1.50 bits per heavy atom. The zero-order chi connectivity index (χ0) is 11.8. The molecule has 1 heterocycles. The molecule has 3 heteroatoms. The Morgan fingerprint density at radius 3 is 2.81 bits per heavy atom. The van der Waals surface area contributed by atoms with Crippen LogP contribution in [0.3, 0.4) is 0 Å². The summed E-state index contributed by atoms with van der Waals surface area (Å²) in [5, 5.41) is 13.5. The van der Waals surface area contributed by atoms with Gasteiger partial charge in [-0.05, 0) is 44.4 Å². The van der Waals surface area contributed by atoms with Gasteiger partial charge in [-0.3, -0.25) is 0 Å². The van der Waals surface area contributed by atoms with Gasteiger partial charge in [0.05, 0.1) is 6.10 Å². The van der Waals surface area contributed by atoms with Crippen molar-refractivity contribution in [2.24, 2.45) is 0 Å². The number of aliphatic hydroxyl groups is 1. The van der Waals surface area contributed by atoms with Crippen LogP contribution in [0.4, 0.5) is 4.39 Å². The first-order valence-corrected chi connectivity index (χ1v) is 5.69. The summed E-state index contributed by atoms with van der Waals surface area (Å²) in [6, 6.07) is 6.21. The number of hydrogen-bond acceptors (Lipinski definition) is 2. The van der Waals surface area contributed by atoms with Crippen LogP contribution < -0.4 is 5.32 Å². The summed E-state index contributed by atoms with van der Waals surface area (Å²) in [7, 11) is 0. The van der Waals surface area contributed by atoms with Gasteiger partial charge < -0.3 is 10.4 Å². The van der Waals surface area contributed by atoms with Gasteiger partial charge in [-0.2, -0.15) is 0 Å². The number of benzene rings is 1. The highest BCUT2D eigenvalue weighted by Gasteiger charge is 2.34. The molecule has 0 amide bonds. The Balaban J connectivity index is 2.11. The first-order chi connectivity index (χ1) is 7.48. The van der Waals surface area contributed by atoms with E-state index in [1.165, 1.54) is 12.1 Å². The van der Waals surface area contributed by atoms with Crippen molar-refractivity contribution in [2.75, 3.05) is 0 Å². The van der Waals surface area contributed by atoms with Gasteiger partial charge in [0, 0.05) is 11.6 Å². The van der Waals surface area contributed by atoms with E-state index in [4.69, 9.17) is 0 Å². The highest BCUT2D eigenvalue weighted by molar-refractivity contribution is 5.21. The Hall–Kier alpha value is -0.930. The van der Waals surface area contributed by atoms with E-state index in [1.807, 2.05) is 0 Å². The molecular formula is C13H18FNO. The van der Waals surface area contributed by atoms with E-state index in [0.717, 1.165) is 12.8 Å². The maximum absolute atomic E-state index is 13.0. The van der Waals surface area contributed by atoms with Gasteiger partial charge in [-0.25, -0.2) is 4.39 Å². The molecule has 0 saturated carbocycles. The Kier molecular flexibility index (Phi) is 3.00. The zero-order valence-electron chi connectivity index (χ0n) is 9.70. The number of rotatable bonds is 2. The standard InChI is InChI=1S/C13H18FNO/c1-13(2)7-6-11(15-13)12(16)9-4-3-5-10(14)8-9/h3-5,8,11-12,15-16H,6-7H2,1-2H3/t11-,12+/m0/s1. The third kappa shape index (κ3) is 2.42. The molecule has 2 N–H and O–H groups in total. The SMILES string of the molecule is CC1(C)CC[C@@H]([C@H](O)c2cccc(F)c2)N1. The van der Waals surface area contributed by atoms with Crippen molar-refractivity contribution in [3.05, 3.63) is 35.6 Å². The van der Waals surface area contributed by atoms with E-state index in [2.05, 4.69) is 19.2 Å². The lowest BCUT2D eigenvalue weighted by Crippen LogP contribution is -2.40. The Labute approximate surface area is 95.5 Å². The maximum Gasteiger partial charge on any atom is 0.123 e. The van der Waals surface area contributed by atoms with Gasteiger partial charge in [-0.15, -0.1) is 0 Å². The van der Waals surface area contributed by atoms with Crippen molar-refractivity contribution in [3.8, 4) is 0 Å². The molecule has 1 aliphatic rings. The minimum absolute atomic E-state index is 0.0248. The lowest BCUT2D eigenvalue weighted by Gasteiger charge is -2.23. The minimum Gasteiger partial charge on any atom is -0.387 e. The van der Waals surface area contributed by atoms with Crippen LogP contribution in [0, 0.1) is 5.82 Å². The summed E-state index contributed by atoms with van der Waals surface area (Å²) in [4.78, 5) is 0. The first-order valence-electron chi connectivity index (χ1n) is 5.69. The number of halogens is 1. The predicted octanol–water partition coefficient (Wildman–Crippen LogP) is 2.39. The van der Waals surface area contributed by atoms with E-state index < -0.39 is 6.10 Å². The molecule has 1 aromatic rings. The van der Waals surface area contributed by atoms with Gasteiger partial charge in [-0.1, -0.05) is 12.1 Å². The number of hydrogen-bond donors (Lipinski definition) is 2. The molecule has 0 aliphatic carbocycles. The second-order valence-electron chi connectivity index (χ2n) is 5.17. The number of aliphatic hydroxyl groups excluding tert-OH is 1. The molecule has 2 atom stereocenters. The van der Waals surface area contributed by atoms with Crippen molar-refractivity contribution in [1.29, 1.82) is 0 Å². The van der Waals surface area contributed by atoms with Crippen molar-refractivity contribution >= 4 is 0 Å². The topological polar surface area (TPSA) is 32.3 Å². The Morgan fingerprint density at radius 2 is 2.25 bits per heavy atom. The van der Waals surface area contributed by atoms with Gasteiger partial charge >= 0.3 is 0 Å². The summed E-state index contributed by atoms with van der Waals surface area (Å²) in [5.74, 6) is -0.297. The molecular weight excluding hydrogens is 205 g/mol. The predicted molar refractivity (Wildman–Crippen MR) is 61.6 cm³/mol. The third-order valence-electron chi connectivity index (χ3n) is 3.23. The summed E-state index contributed by atoms with van der Waals surface area (Å²) in [6.07, 6.45) is 1.33. The molecule has 1 saturated heterocycles. The van der Waals surface area contributed by atoms with Crippen LogP contribution in [0.1, 0.15) is 38.4 Å². The molecule has 0 bridgehead atoms. The monoisotopic (exact) mass is 223 g/mol. The normalized spacial score (nSPS) is 25.6. The van der Waals surface area contributed by atoms with Crippen LogP contribution >= 0.6 is 0 Å². The van der Waals surface area contributed by atoms with Crippen LogP contribution in [0.5, 0.6) is 0 Å². The summed E-state index contributed by atoms with van der Waals surface area (Å²) < 4.78 is 13.0. The average Bonchev–Trinajstić information content (AvgIpc) is 2.58. The molecule has 88 valence electrons. The van der Waals surface area contributed by atoms with Gasteiger partial charge in [0.15, 0.2) is 0 Å². The zero-order valence-corrected chi connectivity index (χ0v) is 9.70. The molecule has 1 fully saturated rings. The van der Waals surface area contributed by atoms with Crippen LogP contribution in [-0.2, 0) is 0 Å². The summed E-state index contributed by atoms with van der Waals surface area (Å²) >= 11 is 0. The van der Waals surface area contributed by atoms with Crippen molar-refractivity contribution in [3.63, 3.8) is 0 Å². The third-order valence-corrected chi connectivity index (χ3v) is 3.23. The smallest absolute Gasteiger partial charge is 0.123 e. The lowest BCUT2D eigenvalue weighted by atomic mass is 10.00. The average molecular weight is 223 g/mol. The van der Waals surface area contributed by atoms with Gasteiger partial charge in [0.1, 0.15) is 5.82 Å². The highest BCUT2D eigenvalue weighted by Crippen LogP contribution is 2.30. The fourth-order valence-corrected chi connectivity index (χ4v) is 2.32. The van der Waals surface area contributed by atoms with Gasteiger partial charge in [0.2, 0.25) is 0 Å². The summed E-state index contributed by atoms with van der Waals surface area (Å²) in [5.41, 5.74) is 0.717. The molecule has 16 heavy (non-hydrogen) atoms. The van der Waals surface area contributed by atoms with E-state index in [1.54, 1.807) is 12.1 Å². The number of nitrogens with one attached hydrogen (secondary N) is 1. The second kappa shape index (κ2) is 4.15. The van der Waals surface area contributed by atoms with Crippen LogP contribution in [0.2, 0.25) is 0 Å². The fourth-order valence-electron chi connectivity index (χ4n) is 2.32. The van der Waals surface area contributed by atoms with E-state index in [-0.39, 0.29) is 17.4 Å². The summed E-state index contributed by atoms with van der Waals surface area (Å²) in [6.45, 7) is 4.23. The highest BCUT2D eigenvalue weighted by atomic mass is 19.1. The Bertz CT molecular complexity index is 378. The molecule has 1 aliphatic heterocycles. The van der Waals surface area contributed by atoms with Gasteiger partial charge in [0.25, 0.3) is 0 Å². The fraction of sp³-hybridized carbons (Fsp3) is 0.538. The molecule has 0 aromatic heterocycles. The van der Waals surface area contributed by atoms with Crippen molar-refractivity contribution < 1.29 is 9.50 Å². The first kappa shape index (κ1) is 11.6. The van der Waals surface area contributed by atoms with E-state index >= 15 is 0 Å². The molecule has 0 radical (unpaired) electrons. The molecule has 1 aromatic carbocycles. The second-order valence-corrected chi connectivity index (χ2v) is 5.17. The van der Waals surface area contributed by atoms with Crippen molar-refractivity contribution in [2.45, 2.75) is 44.4 Å². The van der Waals surface area contributed by atoms with Crippen LogP contribution in [0.15, 0.2) is 24.3 Å². The molecule has 0 unspecified atom stereocenters. The molecule has 2 rings (SSSR count). The largest absolute Gasteiger partial charge is 0.387 e. The van der Waals surface area contributed by atoms with E-state index in [9.17, 15) is 9.50 Å². The van der Waals surface area contributed by atoms with E-state index in [0.29, 0.717) is 5.56 Å². The van der Waals surface area contributed by atoms with Crippen LogP contribution in [0.25, 0.3) is 0 Å².